The molecule has 1 rings (SSSR count). The summed E-state index contributed by atoms with van der Waals surface area (Å²) in [5, 5.41) is 8.82. The van der Waals surface area contributed by atoms with Gasteiger partial charge in [-0.3, -0.25) is 9.78 Å². The molecule has 0 aliphatic rings. The highest BCUT2D eigenvalue weighted by Crippen LogP contribution is 2.07. The summed E-state index contributed by atoms with van der Waals surface area (Å²) < 4.78 is 26.0. The minimum atomic E-state index is -3.98. The lowest BCUT2D eigenvalue weighted by Crippen LogP contribution is -2.35. The van der Waals surface area contributed by atoms with Gasteiger partial charge in [-0.1, -0.05) is 13.3 Å². The van der Waals surface area contributed by atoms with Crippen LogP contribution in [0.4, 0.5) is 0 Å². The summed E-state index contributed by atoms with van der Waals surface area (Å²) in [5.41, 5.74) is -1.73. The molecule has 4 N–H and O–H groups in total. The van der Waals surface area contributed by atoms with Crippen molar-refractivity contribution in [1.29, 1.82) is 0 Å². The Kier molecular flexibility index (Phi) is 5.45. The third-order valence-corrected chi connectivity index (χ3v) is 4.18. The van der Waals surface area contributed by atoms with E-state index in [-0.39, 0.29) is 19.1 Å². The Bertz CT molecular complexity index is 619. The van der Waals surface area contributed by atoms with E-state index < -0.39 is 26.2 Å². The molecule has 0 radical (unpaired) electrons. The third-order valence-electron chi connectivity index (χ3n) is 2.75. The number of hydrogen-bond donors (Lipinski definition) is 4. The first kappa shape index (κ1) is 15.6. The van der Waals surface area contributed by atoms with Crippen molar-refractivity contribution in [3.05, 3.63) is 27.0 Å². The molecule has 0 aromatic carbocycles. The van der Waals surface area contributed by atoms with E-state index in [1.54, 1.807) is 0 Å². The van der Waals surface area contributed by atoms with Crippen molar-refractivity contribution in [2.24, 2.45) is 5.92 Å². The second-order valence-corrected chi connectivity index (χ2v) is 5.81. The van der Waals surface area contributed by atoms with Gasteiger partial charge in [0, 0.05) is 19.3 Å². The second kappa shape index (κ2) is 6.64. The van der Waals surface area contributed by atoms with E-state index in [9.17, 15) is 18.0 Å². The summed E-state index contributed by atoms with van der Waals surface area (Å²) in [7, 11) is -3.98. The van der Waals surface area contributed by atoms with Gasteiger partial charge in [0.1, 0.15) is 0 Å². The Hall–Kier alpha value is -1.45. The normalized spacial score (nSPS) is 13.4. The molecule has 0 saturated heterocycles. The van der Waals surface area contributed by atoms with Gasteiger partial charge >= 0.3 is 5.69 Å². The predicted molar refractivity (Wildman–Crippen MR) is 68.4 cm³/mol. The van der Waals surface area contributed by atoms with Crippen LogP contribution in [0.15, 0.2) is 20.7 Å². The molecule has 0 saturated carbocycles. The lowest BCUT2D eigenvalue weighted by molar-refractivity contribution is 0.254. The molecular weight excluding hydrogens is 274 g/mol. The molecule has 1 unspecified atom stereocenters. The maximum absolute atomic E-state index is 11.9. The number of aliphatic hydroxyl groups is 1. The van der Waals surface area contributed by atoms with E-state index in [1.165, 1.54) is 0 Å². The van der Waals surface area contributed by atoms with Crippen LogP contribution in [0.2, 0.25) is 0 Å². The topological polar surface area (TPSA) is 132 Å². The maximum Gasteiger partial charge on any atom is 0.325 e. The van der Waals surface area contributed by atoms with Crippen molar-refractivity contribution in [3.8, 4) is 0 Å². The summed E-state index contributed by atoms with van der Waals surface area (Å²) in [5.74, 6) is -0.0124. The molecule has 0 bridgehead atoms. The fraction of sp³-hybridized carbons (Fsp3) is 0.600. The van der Waals surface area contributed by atoms with Crippen LogP contribution in [0.5, 0.6) is 0 Å². The molecule has 1 aromatic heterocycles. The van der Waals surface area contributed by atoms with Gasteiger partial charge in [-0.15, -0.1) is 0 Å². The van der Waals surface area contributed by atoms with E-state index in [2.05, 4.69) is 9.71 Å². The van der Waals surface area contributed by atoms with Gasteiger partial charge in [-0.2, -0.15) is 0 Å². The van der Waals surface area contributed by atoms with Crippen molar-refractivity contribution >= 4 is 10.0 Å². The molecule has 0 spiro atoms. The number of aromatic amines is 2. The van der Waals surface area contributed by atoms with Gasteiger partial charge in [0.15, 0.2) is 4.90 Å². The molecule has 1 aromatic rings. The average molecular weight is 291 g/mol. The highest BCUT2D eigenvalue weighted by Gasteiger charge is 2.19. The summed E-state index contributed by atoms with van der Waals surface area (Å²) >= 11 is 0. The van der Waals surface area contributed by atoms with Crippen LogP contribution in [0.25, 0.3) is 0 Å². The Labute approximate surface area is 109 Å². The number of hydrogen-bond acceptors (Lipinski definition) is 5. The van der Waals surface area contributed by atoms with E-state index in [0.29, 0.717) is 12.8 Å². The summed E-state index contributed by atoms with van der Waals surface area (Å²) in [6, 6.07) is 0. The minimum Gasteiger partial charge on any atom is -0.396 e. The first-order chi connectivity index (χ1) is 8.90. The monoisotopic (exact) mass is 291 g/mol. The van der Waals surface area contributed by atoms with Crippen LogP contribution in [-0.4, -0.2) is 36.6 Å². The third kappa shape index (κ3) is 4.30. The predicted octanol–water partition coefficient (Wildman–Crippen LogP) is -1.25. The fourth-order valence-electron chi connectivity index (χ4n) is 1.54. The highest BCUT2D eigenvalue weighted by atomic mass is 32.2. The molecule has 9 heteroatoms. The molecule has 1 heterocycles. The Balaban J connectivity index is 2.87. The Morgan fingerprint density at radius 1 is 1.42 bits per heavy atom. The van der Waals surface area contributed by atoms with E-state index in [4.69, 9.17) is 5.11 Å². The molecule has 1 atom stereocenters. The quantitative estimate of drug-likeness (QED) is 0.498. The largest absolute Gasteiger partial charge is 0.396 e. The Morgan fingerprint density at radius 2 is 2.11 bits per heavy atom. The van der Waals surface area contributed by atoms with E-state index in [1.807, 2.05) is 11.9 Å². The zero-order valence-corrected chi connectivity index (χ0v) is 11.3. The second-order valence-electron chi connectivity index (χ2n) is 4.07. The van der Waals surface area contributed by atoms with Crippen LogP contribution < -0.4 is 16.0 Å². The van der Waals surface area contributed by atoms with Gasteiger partial charge in [-0.25, -0.2) is 17.9 Å². The first-order valence-corrected chi connectivity index (χ1v) is 7.31. The number of sulfonamides is 1. The van der Waals surface area contributed by atoms with Gasteiger partial charge < -0.3 is 10.1 Å². The SMILES string of the molecule is CCC(CCO)CNS(=O)(=O)c1c[nH]c(=O)[nH]c1=O. The summed E-state index contributed by atoms with van der Waals surface area (Å²) in [6.07, 6.45) is 2.03. The fourth-order valence-corrected chi connectivity index (χ4v) is 2.66. The van der Waals surface area contributed by atoms with Crippen molar-refractivity contribution < 1.29 is 13.5 Å². The van der Waals surface area contributed by atoms with Crippen molar-refractivity contribution in [2.45, 2.75) is 24.7 Å². The van der Waals surface area contributed by atoms with E-state index >= 15 is 0 Å². The van der Waals surface area contributed by atoms with Crippen LogP contribution >= 0.6 is 0 Å². The number of aliphatic hydroxyl groups excluding tert-OH is 1. The minimum absolute atomic E-state index is 0.0124. The van der Waals surface area contributed by atoms with Crippen molar-refractivity contribution in [3.63, 3.8) is 0 Å². The number of H-pyrrole nitrogens is 2. The van der Waals surface area contributed by atoms with Gasteiger partial charge in [0.05, 0.1) is 0 Å². The molecule has 8 nitrogen and oxygen atoms in total. The molecular formula is C10H17N3O5S. The smallest absolute Gasteiger partial charge is 0.325 e. The highest BCUT2D eigenvalue weighted by molar-refractivity contribution is 7.89. The van der Waals surface area contributed by atoms with Crippen LogP contribution in [0.1, 0.15) is 19.8 Å². The summed E-state index contributed by atoms with van der Waals surface area (Å²) in [6.45, 7) is 1.97. The maximum atomic E-state index is 11.9. The van der Waals surface area contributed by atoms with Crippen LogP contribution in [0.3, 0.4) is 0 Å². The van der Waals surface area contributed by atoms with Gasteiger partial charge in [0.25, 0.3) is 5.56 Å². The molecule has 0 amide bonds. The summed E-state index contributed by atoms with van der Waals surface area (Å²) in [4.78, 5) is 25.6. The zero-order valence-electron chi connectivity index (χ0n) is 10.5. The van der Waals surface area contributed by atoms with Crippen molar-refractivity contribution in [2.75, 3.05) is 13.2 Å². The van der Waals surface area contributed by atoms with Crippen molar-refractivity contribution in [1.82, 2.24) is 14.7 Å². The van der Waals surface area contributed by atoms with Gasteiger partial charge in [0.2, 0.25) is 10.0 Å². The number of rotatable bonds is 7. The lowest BCUT2D eigenvalue weighted by atomic mass is 10.0. The Morgan fingerprint density at radius 3 is 2.63 bits per heavy atom. The number of nitrogens with one attached hydrogen (secondary N) is 3. The first-order valence-electron chi connectivity index (χ1n) is 5.83. The average Bonchev–Trinajstić information content (AvgIpc) is 2.34. The van der Waals surface area contributed by atoms with Crippen LogP contribution in [0, 0.1) is 5.92 Å². The molecule has 108 valence electrons. The van der Waals surface area contributed by atoms with E-state index in [0.717, 1.165) is 6.20 Å². The number of aromatic nitrogens is 2. The molecule has 0 aliphatic heterocycles. The molecule has 0 fully saturated rings. The standard InChI is InChI=1S/C10H17N3O5S/c1-2-7(3-4-14)5-12-19(17,18)8-6-11-10(16)13-9(8)15/h6-7,12,14H,2-5H2,1H3,(H2,11,13,15,16). The molecule has 0 aliphatic carbocycles. The van der Waals surface area contributed by atoms with Crippen LogP contribution in [-0.2, 0) is 10.0 Å². The van der Waals surface area contributed by atoms with Gasteiger partial charge in [-0.05, 0) is 12.3 Å². The molecule has 19 heavy (non-hydrogen) atoms. The lowest BCUT2D eigenvalue weighted by Gasteiger charge is -2.14. The zero-order chi connectivity index (χ0) is 14.5.